The summed E-state index contributed by atoms with van der Waals surface area (Å²) in [4.78, 5) is 12.9. The smallest absolute Gasteiger partial charge is 0.253 e. The highest BCUT2D eigenvalue weighted by Crippen LogP contribution is 2.36. The van der Waals surface area contributed by atoms with E-state index in [0.29, 0.717) is 13.2 Å². The second-order valence-electron chi connectivity index (χ2n) is 3.88. The first-order chi connectivity index (χ1) is 8.80. The summed E-state index contributed by atoms with van der Waals surface area (Å²) in [5.74, 6) is -0.293. The van der Waals surface area contributed by atoms with Crippen LogP contribution in [0.2, 0.25) is 10.0 Å². The minimum absolute atomic E-state index is 0.0479. The Balaban J connectivity index is 2.50. The zero-order chi connectivity index (χ0) is 14.2. The number of carbonyl (C=O) groups excluding carboxylic acids is 1. The summed E-state index contributed by atoms with van der Waals surface area (Å²) in [5, 5.41) is 5.10. The predicted octanol–water partition coefficient (Wildman–Crippen LogP) is 1.00. The molecule has 6 nitrogen and oxygen atoms in total. The van der Waals surface area contributed by atoms with Gasteiger partial charge in [0.15, 0.2) is 0 Å². The topological polar surface area (TPSA) is 89.7 Å². The van der Waals surface area contributed by atoms with E-state index in [9.17, 15) is 13.2 Å². The van der Waals surface area contributed by atoms with Crippen LogP contribution in [0.15, 0.2) is 17.0 Å². The molecule has 2 N–H and O–H groups in total. The van der Waals surface area contributed by atoms with Crippen molar-refractivity contribution in [1.29, 1.82) is 0 Å². The molecule has 1 aromatic rings. The van der Waals surface area contributed by atoms with E-state index in [-0.39, 0.29) is 33.1 Å². The van der Waals surface area contributed by atoms with Gasteiger partial charge in [-0.15, -0.1) is 0 Å². The molecule has 0 bridgehead atoms. The van der Waals surface area contributed by atoms with Gasteiger partial charge in [-0.25, -0.2) is 13.6 Å². The van der Waals surface area contributed by atoms with Gasteiger partial charge in [0.05, 0.1) is 27.2 Å². The molecule has 1 aliphatic heterocycles. The third-order valence-corrected chi connectivity index (χ3v) is 4.04. The van der Waals surface area contributed by atoms with Crippen molar-refractivity contribution >= 4 is 44.8 Å². The minimum atomic E-state index is -3.91. The van der Waals surface area contributed by atoms with Gasteiger partial charge in [-0.1, -0.05) is 23.2 Å². The second kappa shape index (κ2) is 5.26. The largest absolute Gasteiger partial charge is 0.370 e. The molecular weight excluding hydrogens is 315 g/mol. The van der Waals surface area contributed by atoms with E-state index in [2.05, 4.69) is 0 Å². The summed E-state index contributed by atoms with van der Waals surface area (Å²) < 4.78 is 27.5. The number of sulfonamides is 1. The number of morpholine rings is 1. The van der Waals surface area contributed by atoms with Crippen LogP contribution in [0, 0.1) is 0 Å². The Kier molecular flexibility index (Phi) is 4.03. The standard InChI is InChI=1S/C10H10Cl2N2O4S/c11-7-3-6(19(13,16)17)4-8(12)10(7)14-1-2-18-5-9(14)15/h3-4H,1-2,5H2,(H2,13,16,17). The van der Waals surface area contributed by atoms with E-state index in [1.807, 2.05) is 0 Å². The van der Waals surface area contributed by atoms with Crippen LogP contribution < -0.4 is 10.0 Å². The van der Waals surface area contributed by atoms with E-state index in [4.69, 9.17) is 33.1 Å². The Morgan fingerprint density at radius 3 is 2.32 bits per heavy atom. The van der Waals surface area contributed by atoms with Gasteiger partial charge in [-0.3, -0.25) is 4.79 Å². The minimum Gasteiger partial charge on any atom is -0.370 e. The Hall–Kier alpha value is -0.860. The molecule has 104 valence electrons. The average molecular weight is 325 g/mol. The number of benzene rings is 1. The van der Waals surface area contributed by atoms with Crippen LogP contribution in [0.3, 0.4) is 0 Å². The lowest BCUT2D eigenvalue weighted by atomic mass is 10.2. The van der Waals surface area contributed by atoms with Crippen molar-refractivity contribution in [3.8, 4) is 0 Å². The molecule has 19 heavy (non-hydrogen) atoms. The van der Waals surface area contributed by atoms with Gasteiger partial charge in [-0.2, -0.15) is 0 Å². The van der Waals surface area contributed by atoms with Crippen LogP contribution in [-0.4, -0.2) is 34.1 Å². The average Bonchev–Trinajstić information content (AvgIpc) is 2.29. The highest BCUT2D eigenvalue weighted by molar-refractivity contribution is 7.89. The molecule has 0 aliphatic carbocycles. The SMILES string of the molecule is NS(=O)(=O)c1cc(Cl)c(N2CCOCC2=O)c(Cl)c1. The van der Waals surface area contributed by atoms with Crippen molar-refractivity contribution in [2.75, 3.05) is 24.7 Å². The van der Waals surface area contributed by atoms with Crippen molar-refractivity contribution in [3.05, 3.63) is 22.2 Å². The summed E-state index contributed by atoms with van der Waals surface area (Å²) in [6.07, 6.45) is 0. The van der Waals surface area contributed by atoms with Crippen molar-refractivity contribution in [3.63, 3.8) is 0 Å². The fourth-order valence-electron chi connectivity index (χ4n) is 1.72. The molecule has 9 heteroatoms. The Bertz CT molecular complexity index is 609. The van der Waals surface area contributed by atoms with E-state index in [1.54, 1.807) is 0 Å². The molecular formula is C10H10Cl2N2O4S. The zero-order valence-corrected chi connectivity index (χ0v) is 11.9. The van der Waals surface area contributed by atoms with Crippen LogP contribution in [-0.2, 0) is 19.6 Å². The number of halogens is 2. The number of carbonyl (C=O) groups is 1. The fraction of sp³-hybridized carbons (Fsp3) is 0.300. The molecule has 1 saturated heterocycles. The maximum Gasteiger partial charge on any atom is 0.253 e. The quantitative estimate of drug-likeness (QED) is 0.878. The van der Waals surface area contributed by atoms with E-state index in [1.165, 1.54) is 17.0 Å². The molecule has 1 amide bonds. The van der Waals surface area contributed by atoms with Crippen molar-refractivity contribution in [2.45, 2.75) is 4.90 Å². The third kappa shape index (κ3) is 3.01. The van der Waals surface area contributed by atoms with Crippen LogP contribution in [0.25, 0.3) is 0 Å². The van der Waals surface area contributed by atoms with Crippen LogP contribution in [0.1, 0.15) is 0 Å². The highest BCUT2D eigenvalue weighted by atomic mass is 35.5. The highest BCUT2D eigenvalue weighted by Gasteiger charge is 2.26. The second-order valence-corrected chi connectivity index (χ2v) is 6.25. The fourth-order valence-corrected chi connectivity index (χ4v) is 3.10. The molecule has 0 saturated carbocycles. The number of hydrogen-bond acceptors (Lipinski definition) is 4. The summed E-state index contributed by atoms with van der Waals surface area (Å²) in [6, 6.07) is 2.34. The van der Waals surface area contributed by atoms with Crippen molar-refractivity contribution < 1.29 is 17.9 Å². The normalized spacial score (nSPS) is 16.8. The lowest BCUT2D eigenvalue weighted by Crippen LogP contribution is -2.42. The molecule has 1 aliphatic rings. The van der Waals surface area contributed by atoms with Crippen LogP contribution in [0.5, 0.6) is 0 Å². The maximum absolute atomic E-state index is 11.7. The number of amides is 1. The van der Waals surface area contributed by atoms with Crippen LogP contribution >= 0.6 is 23.2 Å². The van der Waals surface area contributed by atoms with Gasteiger partial charge in [0.25, 0.3) is 5.91 Å². The molecule has 0 radical (unpaired) electrons. The summed E-state index contributed by atoms with van der Waals surface area (Å²) in [5.41, 5.74) is 0.268. The lowest BCUT2D eigenvalue weighted by Gasteiger charge is -2.28. The van der Waals surface area contributed by atoms with E-state index in [0.717, 1.165) is 0 Å². The van der Waals surface area contributed by atoms with Crippen LogP contribution in [0.4, 0.5) is 5.69 Å². The number of rotatable bonds is 2. The monoisotopic (exact) mass is 324 g/mol. The first-order valence-corrected chi connectivity index (χ1v) is 7.51. The van der Waals surface area contributed by atoms with Gasteiger partial charge < -0.3 is 9.64 Å². The van der Waals surface area contributed by atoms with Gasteiger partial charge in [-0.05, 0) is 12.1 Å². The predicted molar refractivity (Wildman–Crippen MR) is 71.0 cm³/mol. The number of anilines is 1. The number of nitrogens with zero attached hydrogens (tertiary/aromatic N) is 1. The third-order valence-electron chi connectivity index (χ3n) is 2.57. The summed E-state index contributed by atoms with van der Waals surface area (Å²) >= 11 is 12.0. The Labute approximate surface area is 120 Å². The molecule has 1 heterocycles. The molecule has 0 spiro atoms. The number of primary sulfonamides is 1. The molecule has 0 unspecified atom stereocenters. The molecule has 1 fully saturated rings. The number of hydrogen-bond donors (Lipinski definition) is 1. The number of ether oxygens (including phenoxy) is 1. The first-order valence-electron chi connectivity index (χ1n) is 5.20. The van der Waals surface area contributed by atoms with E-state index >= 15 is 0 Å². The Morgan fingerprint density at radius 2 is 1.84 bits per heavy atom. The molecule has 0 aromatic heterocycles. The van der Waals surface area contributed by atoms with Gasteiger partial charge in [0.1, 0.15) is 6.61 Å². The first kappa shape index (κ1) is 14.5. The zero-order valence-electron chi connectivity index (χ0n) is 9.60. The van der Waals surface area contributed by atoms with Gasteiger partial charge in [0.2, 0.25) is 10.0 Å². The lowest BCUT2D eigenvalue weighted by molar-refractivity contribution is -0.125. The molecule has 2 rings (SSSR count). The van der Waals surface area contributed by atoms with Crippen molar-refractivity contribution in [2.24, 2.45) is 5.14 Å². The summed E-state index contributed by atoms with van der Waals surface area (Å²) in [6.45, 7) is 0.589. The number of nitrogens with two attached hydrogens (primary N) is 1. The maximum atomic E-state index is 11.7. The molecule has 1 aromatic carbocycles. The van der Waals surface area contributed by atoms with E-state index < -0.39 is 10.0 Å². The van der Waals surface area contributed by atoms with Crippen molar-refractivity contribution in [1.82, 2.24) is 0 Å². The molecule has 0 atom stereocenters. The van der Waals surface area contributed by atoms with Gasteiger partial charge in [0, 0.05) is 6.54 Å². The summed E-state index contributed by atoms with van der Waals surface area (Å²) in [7, 11) is -3.91. The van der Waals surface area contributed by atoms with Gasteiger partial charge >= 0.3 is 0 Å². The Morgan fingerprint density at radius 1 is 1.26 bits per heavy atom.